The van der Waals surface area contributed by atoms with Gasteiger partial charge in [0.15, 0.2) is 0 Å². The van der Waals surface area contributed by atoms with Crippen LogP contribution in [0.2, 0.25) is 0 Å². The van der Waals surface area contributed by atoms with Crippen LogP contribution in [-0.4, -0.2) is 11.1 Å². The predicted octanol–water partition coefficient (Wildman–Crippen LogP) is 3.23. The molecule has 0 saturated heterocycles. The van der Waals surface area contributed by atoms with Crippen molar-refractivity contribution in [3.8, 4) is 0 Å². The maximum Gasteiger partial charge on any atom is 0.303 e. The Morgan fingerprint density at radius 1 is 1.50 bits per heavy atom. The number of rotatable bonds is 2. The molecule has 0 unspecified atom stereocenters. The van der Waals surface area contributed by atoms with Crippen LogP contribution in [0.15, 0.2) is 11.1 Å². The third-order valence-corrected chi connectivity index (χ3v) is 3.15. The molecule has 1 fully saturated rings. The largest absolute Gasteiger partial charge is 0.481 e. The monoisotopic (exact) mass is 196 g/mol. The first-order valence-corrected chi connectivity index (χ1v) is 5.38. The third-order valence-electron chi connectivity index (χ3n) is 3.15. The highest BCUT2D eigenvalue weighted by Gasteiger charge is 2.25. The van der Waals surface area contributed by atoms with Gasteiger partial charge in [0.2, 0.25) is 0 Å². The van der Waals surface area contributed by atoms with Gasteiger partial charge in [0, 0.05) is 0 Å². The van der Waals surface area contributed by atoms with Gasteiger partial charge in [-0.1, -0.05) is 18.1 Å². The molecule has 2 atom stereocenters. The van der Waals surface area contributed by atoms with E-state index in [4.69, 9.17) is 5.11 Å². The van der Waals surface area contributed by atoms with Crippen molar-refractivity contribution in [3.05, 3.63) is 11.1 Å². The van der Waals surface area contributed by atoms with E-state index in [1.807, 2.05) is 0 Å². The average molecular weight is 196 g/mol. The molecule has 0 bridgehead atoms. The molecule has 2 nitrogen and oxygen atoms in total. The summed E-state index contributed by atoms with van der Waals surface area (Å²) >= 11 is 0. The Kier molecular flexibility index (Phi) is 3.73. The topological polar surface area (TPSA) is 37.3 Å². The highest BCUT2D eigenvalue weighted by Crippen LogP contribution is 2.36. The van der Waals surface area contributed by atoms with Gasteiger partial charge in [-0.15, -0.1) is 0 Å². The average Bonchev–Trinajstić information content (AvgIpc) is 2.01. The molecular weight excluding hydrogens is 176 g/mol. The van der Waals surface area contributed by atoms with Gasteiger partial charge < -0.3 is 5.11 Å². The Bertz CT molecular complexity index is 249. The molecule has 0 radical (unpaired) electrons. The number of hydrogen-bond donors (Lipinski definition) is 1. The lowest BCUT2D eigenvalue weighted by atomic mass is 9.75. The maximum absolute atomic E-state index is 10.7. The highest BCUT2D eigenvalue weighted by molar-refractivity contribution is 5.67. The molecule has 80 valence electrons. The van der Waals surface area contributed by atoms with Crippen molar-refractivity contribution in [3.63, 3.8) is 0 Å². The molecule has 0 amide bonds. The van der Waals surface area contributed by atoms with Crippen molar-refractivity contribution in [2.75, 3.05) is 0 Å². The minimum atomic E-state index is -0.664. The van der Waals surface area contributed by atoms with Gasteiger partial charge >= 0.3 is 5.97 Å². The van der Waals surface area contributed by atoms with Gasteiger partial charge in [-0.25, -0.2) is 0 Å². The zero-order valence-corrected chi connectivity index (χ0v) is 9.34. The number of carboxylic acid groups (broad SMARTS) is 1. The van der Waals surface area contributed by atoms with Crippen molar-refractivity contribution in [1.82, 2.24) is 0 Å². The van der Waals surface area contributed by atoms with E-state index in [9.17, 15) is 4.79 Å². The second kappa shape index (κ2) is 4.63. The first-order chi connectivity index (χ1) is 6.50. The van der Waals surface area contributed by atoms with E-state index in [1.165, 1.54) is 17.6 Å². The minimum absolute atomic E-state index is 0.293. The van der Waals surface area contributed by atoms with E-state index < -0.39 is 5.97 Å². The maximum atomic E-state index is 10.7. The Morgan fingerprint density at radius 2 is 2.14 bits per heavy atom. The van der Waals surface area contributed by atoms with Crippen LogP contribution < -0.4 is 0 Å². The molecule has 0 aliphatic heterocycles. The van der Waals surface area contributed by atoms with Crippen LogP contribution in [0.4, 0.5) is 0 Å². The SMILES string of the molecule is CC(C)=C1CC[C@@H](C)C[C@H]1CC(=O)O. The first-order valence-electron chi connectivity index (χ1n) is 5.38. The summed E-state index contributed by atoms with van der Waals surface area (Å²) in [6.07, 6.45) is 3.68. The van der Waals surface area contributed by atoms with E-state index in [1.54, 1.807) is 0 Å². The van der Waals surface area contributed by atoms with Crippen molar-refractivity contribution < 1.29 is 9.90 Å². The Hall–Kier alpha value is -0.790. The lowest BCUT2D eigenvalue weighted by Crippen LogP contribution is -2.20. The van der Waals surface area contributed by atoms with Crippen LogP contribution in [0.5, 0.6) is 0 Å². The Balaban J connectivity index is 2.74. The molecule has 1 aliphatic rings. The molecule has 1 rings (SSSR count). The van der Waals surface area contributed by atoms with Crippen LogP contribution in [0.25, 0.3) is 0 Å². The van der Waals surface area contributed by atoms with Crippen molar-refractivity contribution >= 4 is 5.97 Å². The standard InChI is InChI=1S/C12H20O2/c1-8(2)11-5-4-9(3)6-10(11)7-12(13)14/h9-10H,4-7H2,1-3H3,(H,13,14)/t9-,10+/m1/s1. The molecule has 0 aromatic rings. The molecular formula is C12H20O2. The number of aliphatic carboxylic acids is 1. The highest BCUT2D eigenvalue weighted by atomic mass is 16.4. The third kappa shape index (κ3) is 2.86. The van der Waals surface area contributed by atoms with Gasteiger partial charge in [0.05, 0.1) is 6.42 Å². The van der Waals surface area contributed by atoms with Gasteiger partial charge in [0.1, 0.15) is 0 Å². The number of carbonyl (C=O) groups is 1. The summed E-state index contributed by atoms with van der Waals surface area (Å²) in [6.45, 7) is 6.41. The summed E-state index contributed by atoms with van der Waals surface area (Å²) in [4.78, 5) is 10.7. The normalized spacial score (nSPS) is 27.5. The van der Waals surface area contributed by atoms with Crippen LogP contribution in [0, 0.1) is 11.8 Å². The van der Waals surface area contributed by atoms with Crippen molar-refractivity contribution in [2.24, 2.45) is 11.8 Å². The summed E-state index contributed by atoms with van der Waals surface area (Å²) in [7, 11) is 0. The van der Waals surface area contributed by atoms with E-state index in [-0.39, 0.29) is 0 Å². The van der Waals surface area contributed by atoms with Gasteiger partial charge in [-0.05, 0) is 44.9 Å². The molecule has 2 heteroatoms. The molecule has 0 heterocycles. The number of hydrogen-bond acceptors (Lipinski definition) is 1. The second-order valence-electron chi connectivity index (χ2n) is 4.70. The fraction of sp³-hybridized carbons (Fsp3) is 0.750. The molecule has 0 aromatic heterocycles. The zero-order valence-electron chi connectivity index (χ0n) is 9.34. The summed E-state index contributed by atoms with van der Waals surface area (Å²) < 4.78 is 0. The smallest absolute Gasteiger partial charge is 0.303 e. The summed E-state index contributed by atoms with van der Waals surface area (Å²) in [5.41, 5.74) is 2.72. The first kappa shape index (κ1) is 11.3. The molecule has 0 aromatic carbocycles. The molecule has 0 spiro atoms. The van der Waals surface area contributed by atoms with E-state index >= 15 is 0 Å². The summed E-state index contributed by atoms with van der Waals surface area (Å²) in [6, 6.07) is 0. The minimum Gasteiger partial charge on any atom is -0.481 e. The van der Waals surface area contributed by atoms with Crippen molar-refractivity contribution in [2.45, 2.75) is 46.5 Å². The molecule has 1 aliphatic carbocycles. The quantitative estimate of drug-likeness (QED) is 0.688. The van der Waals surface area contributed by atoms with Crippen LogP contribution >= 0.6 is 0 Å². The predicted molar refractivity (Wildman–Crippen MR) is 57.1 cm³/mol. The summed E-state index contributed by atoms with van der Waals surface area (Å²) in [5.74, 6) is 0.312. The lowest BCUT2D eigenvalue weighted by molar-refractivity contribution is -0.138. The molecule has 1 N–H and O–H groups in total. The Labute approximate surface area is 86.0 Å². The zero-order chi connectivity index (χ0) is 10.7. The molecule has 14 heavy (non-hydrogen) atoms. The van der Waals surface area contributed by atoms with Gasteiger partial charge in [0.25, 0.3) is 0 Å². The van der Waals surface area contributed by atoms with Gasteiger partial charge in [-0.2, -0.15) is 0 Å². The summed E-state index contributed by atoms with van der Waals surface area (Å²) in [5, 5.41) is 8.83. The van der Waals surface area contributed by atoms with Crippen LogP contribution in [0.1, 0.15) is 46.5 Å². The van der Waals surface area contributed by atoms with E-state index in [0.717, 1.165) is 12.8 Å². The van der Waals surface area contributed by atoms with Crippen LogP contribution in [-0.2, 0) is 4.79 Å². The molecule has 1 saturated carbocycles. The Morgan fingerprint density at radius 3 is 2.64 bits per heavy atom. The van der Waals surface area contributed by atoms with Gasteiger partial charge in [-0.3, -0.25) is 4.79 Å². The fourth-order valence-corrected chi connectivity index (χ4v) is 2.43. The second-order valence-corrected chi connectivity index (χ2v) is 4.70. The number of allylic oxidation sites excluding steroid dienone is 2. The van der Waals surface area contributed by atoms with Crippen molar-refractivity contribution in [1.29, 1.82) is 0 Å². The lowest BCUT2D eigenvalue weighted by Gasteiger charge is -2.30. The van der Waals surface area contributed by atoms with E-state index in [0.29, 0.717) is 18.3 Å². The number of carboxylic acids is 1. The van der Waals surface area contributed by atoms with Crippen LogP contribution in [0.3, 0.4) is 0 Å². The van der Waals surface area contributed by atoms with E-state index in [2.05, 4.69) is 20.8 Å². The fourth-order valence-electron chi connectivity index (χ4n) is 2.43.